The SMILES string of the molecule is Cc1ncsc1-c1ccc(CNC(=O)[C@@H]2C[C@@H](O)CN2C(=O)[C@H]([C@H](C)O)N2Cc3ccccc3C2O)cc1. The normalized spacial score (nSPS) is 22.8. The van der Waals surface area contributed by atoms with Crippen LogP contribution >= 0.6 is 11.3 Å². The summed E-state index contributed by atoms with van der Waals surface area (Å²) in [5, 5.41) is 34.7. The van der Waals surface area contributed by atoms with E-state index in [2.05, 4.69) is 10.3 Å². The first-order valence-electron chi connectivity index (χ1n) is 12.7. The fourth-order valence-electron chi connectivity index (χ4n) is 5.40. The lowest BCUT2D eigenvalue weighted by molar-refractivity contribution is -0.152. The molecule has 0 bridgehead atoms. The van der Waals surface area contributed by atoms with Gasteiger partial charge in [-0.25, -0.2) is 4.98 Å². The Balaban J connectivity index is 1.27. The van der Waals surface area contributed by atoms with Gasteiger partial charge in [-0.3, -0.25) is 14.5 Å². The lowest BCUT2D eigenvalue weighted by Gasteiger charge is -2.36. The predicted octanol–water partition coefficient (Wildman–Crippen LogP) is 1.95. The molecular formula is C28H32N4O5S. The summed E-state index contributed by atoms with van der Waals surface area (Å²) in [7, 11) is 0. The van der Waals surface area contributed by atoms with Crippen molar-refractivity contribution in [1.82, 2.24) is 20.1 Å². The predicted molar refractivity (Wildman–Crippen MR) is 143 cm³/mol. The second-order valence-electron chi connectivity index (χ2n) is 10.0. The van der Waals surface area contributed by atoms with E-state index in [1.165, 1.54) is 11.8 Å². The van der Waals surface area contributed by atoms with Crippen LogP contribution < -0.4 is 5.32 Å². The van der Waals surface area contributed by atoms with Crippen molar-refractivity contribution in [3.8, 4) is 10.4 Å². The first-order valence-corrected chi connectivity index (χ1v) is 13.6. The molecule has 5 rings (SSSR count). The van der Waals surface area contributed by atoms with E-state index in [4.69, 9.17) is 0 Å². The van der Waals surface area contributed by atoms with Crippen molar-refractivity contribution < 1.29 is 24.9 Å². The van der Waals surface area contributed by atoms with Crippen molar-refractivity contribution in [2.45, 2.75) is 63.9 Å². The van der Waals surface area contributed by atoms with E-state index in [9.17, 15) is 24.9 Å². The number of aliphatic hydroxyl groups excluding tert-OH is 3. The molecule has 0 radical (unpaired) electrons. The van der Waals surface area contributed by atoms with Crippen molar-refractivity contribution in [1.29, 1.82) is 0 Å². The van der Waals surface area contributed by atoms with E-state index in [1.807, 2.05) is 54.9 Å². The van der Waals surface area contributed by atoms with Crippen LogP contribution in [0.3, 0.4) is 0 Å². The van der Waals surface area contributed by atoms with Crippen LogP contribution in [0.4, 0.5) is 0 Å². The Morgan fingerprint density at radius 3 is 2.55 bits per heavy atom. The summed E-state index contributed by atoms with van der Waals surface area (Å²) in [4.78, 5) is 35.2. The number of rotatable bonds is 7. The Kier molecular flexibility index (Phi) is 7.60. The highest BCUT2D eigenvalue weighted by Gasteiger charge is 2.46. The van der Waals surface area contributed by atoms with E-state index < -0.39 is 36.4 Å². The molecule has 0 spiro atoms. The number of benzene rings is 2. The Morgan fingerprint density at radius 1 is 1.16 bits per heavy atom. The Bertz CT molecular complexity index is 1310. The number of β-amino-alcohol motifs (C(OH)–C–C–N with tert-alkyl or cyclic N) is 1. The number of carbonyl (C=O) groups excluding carboxylic acids is 2. The molecule has 2 aromatic carbocycles. The lowest BCUT2D eigenvalue weighted by Crippen LogP contribution is -2.56. The molecule has 2 amide bonds. The molecule has 0 aliphatic carbocycles. The van der Waals surface area contributed by atoms with E-state index in [-0.39, 0.29) is 25.4 Å². The van der Waals surface area contributed by atoms with Gasteiger partial charge in [0.15, 0.2) is 0 Å². The summed E-state index contributed by atoms with van der Waals surface area (Å²) in [6.07, 6.45) is -2.90. The minimum atomic E-state index is -1.10. The first kappa shape index (κ1) is 26.5. The van der Waals surface area contributed by atoms with Crippen molar-refractivity contribution >= 4 is 23.2 Å². The monoisotopic (exact) mass is 536 g/mol. The van der Waals surface area contributed by atoms with Crippen LogP contribution in [0, 0.1) is 6.92 Å². The number of hydrogen-bond acceptors (Lipinski definition) is 8. The molecule has 1 aromatic heterocycles. The Hall–Kier alpha value is -3.15. The van der Waals surface area contributed by atoms with Gasteiger partial charge in [-0.1, -0.05) is 48.5 Å². The molecule has 2 aliphatic rings. The number of likely N-dealkylation sites (tertiary alicyclic amines) is 1. The first-order chi connectivity index (χ1) is 18.2. The Morgan fingerprint density at radius 2 is 1.89 bits per heavy atom. The van der Waals surface area contributed by atoms with Crippen molar-refractivity contribution in [2.24, 2.45) is 0 Å². The zero-order valence-corrected chi connectivity index (χ0v) is 22.1. The lowest BCUT2D eigenvalue weighted by atomic mass is 10.1. The summed E-state index contributed by atoms with van der Waals surface area (Å²) < 4.78 is 0. The molecular weight excluding hydrogens is 504 g/mol. The number of nitrogens with zero attached hydrogens (tertiary/aromatic N) is 3. The van der Waals surface area contributed by atoms with E-state index >= 15 is 0 Å². The summed E-state index contributed by atoms with van der Waals surface area (Å²) in [6, 6.07) is 13.3. The van der Waals surface area contributed by atoms with Gasteiger partial charge in [0.2, 0.25) is 11.8 Å². The largest absolute Gasteiger partial charge is 0.391 e. The van der Waals surface area contributed by atoms with Crippen molar-refractivity contribution in [3.05, 3.63) is 76.4 Å². The van der Waals surface area contributed by atoms with Gasteiger partial charge in [-0.15, -0.1) is 11.3 Å². The zero-order valence-electron chi connectivity index (χ0n) is 21.3. The molecule has 200 valence electrons. The topological polar surface area (TPSA) is 126 Å². The third-order valence-electron chi connectivity index (χ3n) is 7.36. The second kappa shape index (κ2) is 10.9. The van der Waals surface area contributed by atoms with Crippen LogP contribution in [0.25, 0.3) is 10.4 Å². The van der Waals surface area contributed by atoms with Crippen LogP contribution in [0.2, 0.25) is 0 Å². The Labute approximate surface area is 225 Å². The van der Waals surface area contributed by atoms with E-state index in [0.717, 1.165) is 27.3 Å². The molecule has 1 fully saturated rings. The highest BCUT2D eigenvalue weighted by Crippen LogP contribution is 2.35. The van der Waals surface area contributed by atoms with Crippen LogP contribution in [-0.4, -0.2) is 72.8 Å². The zero-order chi connectivity index (χ0) is 27.0. The maximum atomic E-state index is 13.7. The summed E-state index contributed by atoms with van der Waals surface area (Å²) in [5.74, 6) is -0.861. The third kappa shape index (κ3) is 5.10. The minimum Gasteiger partial charge on any atom is -0.391 e. The molecule has 1 unspecified atom stereocenters. The molecule has 10 heteroatoms. The third-order valence-corrected chi connectivity index (χ3v) is 8.34. The molecule has 4 N–H and O–H groups in total. The number of aromatic nitrogens is 1. The van der Waals surface area contributed by atoms with Crippen molar-refractivity contribution in [3.63, 3.8) is 0 Å². The highest BCUT2D eigenvalue weighted by atomic mass is 32.1. The molecule has 3 aromatic rings. The number of aliphatic hydroxyl groups is 3. The number of hydrogen-bond donors (Lipinski definition) is 4. The van der Waals surface area contributed by atoms with Gasteiger partial charge in [0.25, 0.3) is 0 Å². The molecule has 38 heavy (non-hydrogen) atoms. The van der Waals surface area contributed by atoms with E-state index in [0.29, 0.717) is 12.1 Å². The van der Waals surface area contributed by atoms with Gasteiger partial charge in [0, 0.05) is 26.1 Å². The molecule has 2 aliphatic heterocycles. The van der Waals surface area contributed by atoms with Crippen LogP contribution in [0.15, 0.2) is 54.0 Å². The number of amides is 2. The number of thiazole rings is 1. The average Bonchev–Trinajstić information content (AvgIpc) is 3.60. The smallest absolute Gasteiger partial charge is 0.243 e. The number of fused-ring (bicyclic) bond motifs is 1. The van der Waals surface area contributed by atoms with Gasteiger partial charge in [0.1, 0.15) is 18.3 Å². The van der Waals surface area contributed by atoms with Crippen molar-refractivity contribution in [2.75, 3.05) is 6.54 Å². The molecule has 9 nitrogen and oxygen atoms in total. The average molecular weight is 537 g/mol. The molecule has 0 saturated carbocycles. The highest BCUT2D eigenvalue weighted by molar-refractivity contribution is 7.13. The standard InChI is InChI=1S/C28H32N4O5S/c1-16-25(38-15-30-16)19-9-7-18(8-10-19)12-29-26(35)23-11-21(34)14-31(23)28(37)24(17(2)33)32-13-20-5-3-4-6-22(20)27(32)36/h3-10,15,17,21,23-24,27,33-34,36H,11-14H2,1-2H3,(H,29,35)/t17-,21+,23-,24-,27?/m0/s1. The minimum absolute atomic E-state index is 0.0140. The second-order valence-corrected chi connectivity index (χ2v) is 10.9. The fraction of sp³-hybridized carbons (Fsp3) is 0.393. The van der Waals surface area contributed by atoms with Gasteiger partial charge >= 0.3 is 0 Å². The summed E-state index contributed by atoms with van der Waals surface area (Å²) >= 11 is 1.58. The number of aryl methyl sites for hydroxylation is 1. The van der Waals surface area contributed by atoms with Crippen LogP contribution in [0.1, 0.15) is 42.0 Å². The van der Waals surface area contributed by atoms with E-state index in [1.54, 1.807) is 22.3 Å². The fourth-order valence-corrected chi connectivity index (χ4v) is 6.22. The maximum absolute atomic E-state index is 13.7. The summed E-state index contributed by atoms with van der Waals surface area (Å²) in [5.41, 5.74) is 6.32. The van der Waals surface area contributed by atoms with Crippen LogP contribution in [-0.2, 0) is 22.7 Å². The molecule has 1 saturated heterocycles. The number of carbonyl (C=O) groups is 2. The maximum Gasteiger partial charge on any atom is 0.243 e. The summed E-state index contributed by atoms with van der Waals surface area (Å²) in [6.45, 7) is 4.02. The number of nitrogens with one attached hydrogen (secondary N) is 1. The molecule has 5 atom stereocenters. The van der Waals surface area contributed by atoms with Gasteiger partial charge < -0.3 is 25.5 Å². The van der Waals surface area contributed by atoms with Gasteiger partial charge in [0.05, 0.1) is 28.3 Å². The van der Waals surface area contributed by atoms with Crippen LogP contribution in [0.5, 0.6) is 0 Å². The quantitative estimate of drug-likeness (QED) is 0.364. The van der Waals surface area contributed by atoms with Gasteiger partial charge in [-0.2, -0.15) is 0 Å². The van der Waals surface area contributed by atoms with Gasteiger partial charge in [-0.05, 0) is 36.1 Å². The molecule has 3 heterocycles.